The molecule has 30 heteroatoms. The maximum atomic E-state index is 14.8. The second kappa shape index (κ2) is 25.7. The normalized spacial score (nSPS) is 16.1. The number of hydrogen-bond donors (Lipinski definition) is 4. The highest BCUT2D eigenvalue weighted by Crippen LogP contribution is 2.60. The standard InChI is InChI=1S/C26H24F4N6O3.C21H23BF4N2O4.C11H13BrN4O/c1-36-14-17(20(34-36)4-7-37)9-22-31-12-18(13-32-22)15-2-3-16(19(27)8-15)10-24(38)33-23-11-21(39-35-23)25(5-6-25)26(28,29)30;1-18(2)19(3,4)32-22(31-18)13-6-5-12(14(23)10-13)9-17(29)27-16-11-15(30-28-16)20(7-8-20)21(24,25)26;1-16-7-8(10(15-16)2-3-17)4-11-13-5-9(12)6-14-11/h2-3,8,11-14,37H,4-7,9-10H2,1H3,(H,33,35,38);5-6,10-11H,7-9H2,1-4H3,(H,27,28,29);5-7,17H,2-4H2,1H3. The third-order valence-electron chi connectivity index (χ3n) is 15.5. The van der Waals surface area contributed by atoms with E-state index >= 15 is 0 Å². The summed E-state index contributed by atoms with van der Waals surface area (Å²) in [5.41, 5.74) is 0.181. The van der Waals surface area contributed by atoms with Crippen LogP contribution in [0.15, 0.2) is 99.2 Å². The Kier molecular flexibility index (Phi) is 18.9. The molecule has 7 heterocycles. The van der Waals surface area contributed by atoms with Crippen molar-refractivity contribution < 1.29 is 73.3 Å². The second-order valence-corrected chi connectivity index (χ2v) is 23.5. The van der Waals surface area contributed by atoms with Crippen molar-refractivity contribution in [3.05, 3.63) is 159 Å². The SMILES string of the molecule is CC1(C)OB(c2ccc(CC(=O)Nc3cc(C4(C(F)(F)F)CC4)on3)c(F)c2)OC1(C)C.Cn1cc(Cc2ncc(-c3ccc(CC(=O)Nc4cc(C5(C(F)(F)F)CC5)on4)c(F)c3)cn2)c(CCO)n1.Cn1cc(Cc2ncc(Br)cn2)c(CCO)n1. The van der Waals surface area contributed by atoms with Crippen molar-refractivity contribution in [2.24, 2.45) is 14.1 Å². The number of nitrogens with one attached hydrogen (secondary N) is 2. The average Bonchev–Trinajstić information content (AvgIpc) is 1.76. The molecule has 1 saturated heterocycles. The predicted octanol–water partition coefficient (Wildman–Crippen LogP) is 8.89. The quantitative estimate of drug-likeness (QED) is 0.0462. The molecule has 4 N–H and O–H groups in total. The Morgan fingerprint density at radius 3 is 1.43 bits per heavy atom. The van der Waals surface area contributed by atoms with E-state index in [2.05, 4.69) is 67.0 Å². The zero-order chi connectivity index (χ0) is 63.6. The molecular weight excluding hydrogens is 1240 g/mol. The first-order valence-electron chi connectivity index (χ1n) is 27.6. The molecule has 2 aromatic carbocycles. The van der Waals surface area contributed by atoms with Crippen molar-refractivity contribution in [1.29, 1.82) is 0 Å². The Morgan fingerprint density at radius 2 is 1.03 bits per heavy atom. The first-order valence-corrected chi connectivity index (χ1v) is 28.4. The molecule has 20 nitrogen and oxygen atoms in total. The van der Waals surface area contributed by atoms with Crippen LogP contribution < -0.4 is 16.1 Å². The Bertz CT molecular complexity index is 3750. The lowest BCUT2D eigenvalue weighted by molar-refractivity contribution is -0.166. The topological polar surface area (TPSA) is 256 Å². The first kappa shape index (κ1) is 64.7. The number of halogens is 9. The lowest BCUT2D eigenvalue weighted by atomic mass is 9.78. The highest BCUT2D eigenvalue weighted by atomic mass is 79.9. The Morgan fingerprint density at radius 1 is 0.614 bits per heavy atom. The number of aryl methyl sites for hydroxylation is 2. The third-order valence-corrected chi connectivity index (χ3v) is 15.9. The van der Waals surface area contributed by atoms with Crippen LogP contribution in [0.1, 0.15) is 110 Å². The maximum Gasteiger partial charge on any atom is 0.494 e. The summed E-state index contributed by atoms with van der Waals surface area (Å²) in [7, 11) is 2.92. The highest BCUT2D eigenvalue weighted by Gasteiger charge is 2.68. The van der Waals surface area contributed by atoms with Crippen LogP contribution in [0.25, 0.3) is 11.1 Å². The fraction of sp³-hybridized carbons (Fsp3) is 0.414. The van der Waals surface area contributed by atoms with Crippen molar-refractivity contribution in [3.8, 4) is 11.1 Å². The van der Waals surface area contributed by atoms with Crippen molar-refractivity contribution in [1.82, 2.24) is 49.8 Å². The summed E-state index contributed by atoms with van der Waals surface area (Å²) in [5.74, 6) is -2.24. The summed E-state index contributed by atoms with van der Waals surface area (Å²) in [6.07, 6.45) is 2.48. The lowest BCUT2D eigenvalue weighted by Crippen LogP contribution is -2.41. The monoisotopic (exact) mass is 1290 g/mol. The van der Waals surface area contributed by atoms with Gasteiger partial charge in [0.05, 0.1) is 39.9 Å². The summed E-state index contributed by atoms with van der Waals surface area (Å²) >= 11 is 3.30. The van der Waals surface area contributed by atoms with Gasteiger partial charge in [-0.25, -0.2) is 28.7 Å². The summed E-state index contributed by atoms with van der Waals surface area (Å²) < 4.78 is 134. The zero-order valence-electron chi connectivity index (χ0n) is 48.4. The van der Waals surface area contributed by atoms with Gasteiger partial charge in [-0.2, -0.15) is 36.5 Å². The van der Waals surface area contributed by atoms with Gasteiger partial charge in [0.1, 0.15) is 34.1 Å². The molecule has 2 saturated carbocycles. The van der Waals surface area contributed by atoms with Gasteiger partial charge in [-0.1, -0.05) is 34.6 Å². The lowest BCUT2D eigenvalue weighted by Gasteiger charge is -2.32. The van der Waals surface area contributed by atoms with Crippen molar-refractivity contribution in [2.75, 3.05) is 23.8 Å². The van der Waals surface area contributed by atoms with Crippen LogP contribution >= 0.6 is 15.9 Å². The minimum absolute atomic E-state index is 0.0171. The van der Waals surface area contributed by atoms with E-state index in [1.807, 2.05) is 47.1 Å². The molecule has 0 radical (unpaired) electrons. The van der Waals surface area contributed by atoms with Crippen LogP contribution in [-0.4, -0.2) is 116 Å². The fourth-order valence-electron chi connectivity index (χ4n) is 9.59. The number of aliphatic hydroxyl groups is 2. The van der Waals surface area contributed by atoms with Gasteiger partial charge in [0, 0.05) is 119 Å². The smallest absolute Gasteiger partial charge is 0.399 e. The van der Waals surface area contributed by atoms with E-state index < -0.39 is 65.0 Å². The summed E-state index contributed by atoms with van der Waals surface area (Å²) in [6.45, 7) is 7.63. The third kappa shape index (κ3) is 14.8. The molecule has 3 fully saturated rings. The van der Waals surface area contributed by atoms with E-state index in [-0.39, 0.29) is 86.0 Å². The molecule has 2 amide bonds. The molecule has 466 valence electrons. The molecule has 1 aliphatic heterocycles. The van der Waals surface area contributed by atoms with Gasteiger partial charge in [-0.15, -0.1) is 0 Å². The molecule has 0 atom stereocenters. The summed E-state index contributed by atoms with van der Waals surface area (Å²) in [5, 5.41) is 38.5. The minimum Gasteiger partial charge on any atom is -0.399 e. The molecule has 6 aromatic heterocycles. The molecule has 3 aliphatic rings. The van der Waals surface area contributed by atoms with Gasteiger partial charge in [0.2, 0.25) is 11.8 Å². The summed E-state index contributed by atoms with van der Waals surface area (Å²) in [6, 6.07) is 10.8. The number of aromatic nitrogens is 10. The van der Waals surface area contributed by atoms with E-state index in [1.165, 1.54) is 24.3 Å². The number of rotatable bonds is 18. The van der Waals surface area contributed by atoms with Crippen LogP contribution in [0, 0.1) is 11.6 Å². The van der Waals surface area contributed by atoms with Gasteiger partial charge in [-0.3, -0.25) is 19.0 Å². The first-order chi connectivity index (χ1) is 41.5. The molecule has 2 aliphatic carbocycles. The summed E-state index contributed by atoms with van der Waals surface area (Å²) in [4.78, 5) is 41.9. The van der Waals surface area contributed by atoms with E-state index in [0.29, 0.717) is 48.1 Å². The molecule has 0 unspecified atom stereocenters. The van der Waals surface area contributed by atoms with Crippen LogP contribution in [0.4, 0.5) is 46.8 Å². The number of nitrogens with zero attached hydrogens (tertiary/aromatic N) is 10. The van der Waals surface area contributed by atoms with Crippen molar-refractivity contribution in [3.63, 3.8) is 0 Å². The number of anilines is 2. The van der Waals surface area contributed by atoms with Gasteiger partial charge >= 0.3 is 19.5 Å². The molecule has 11 rings (SSSR count). The number of hydrogen-bond acceptors (Lipinski definition) is 16. The largest absolute Gasteiger partial charge is 0.494 e. The number of aliphatic hydroxyl groups excluding tert-OH is 2. The van der Waals surface area contributed by atoms with Crippen LogP contribution in [0.2, 0.25) is 0 Å². The van der Waals surface area contributed by atoms with E-state index in [9.17, 15) is 49.8 Å². The predicted molar refractivity (Wildman–Crippen MR) is 304 cm³/mol. The van der Waals surface area contributed by atoms with E-state index in [0.717, 1.165) is 44.9 Å². The zero-order valence-corrected chi connectivity index (χ0v) is 49.9. The molecule has 8 aromatic rings. The Labute approximate surface area is 507 Å². The fourth-order valence-corrected chi connectivity index (χ4v) is 9.80. The van der Waals surface area contributed by atoms with Crippen molar-refractivity contribution >= 4 is 52.0 Å². The average molecular weight is 1300 g/mol. The van der Waals surface area contributed by atoms with Crippen LogP contribution in [0.3, 0.4) is 0 Å². The van der Waals surface area contributed by atoms with Gasteiger partial charge in [0.25, 0.3) is 0 Å². The van der Waals surface area contributed by atoms with Crippen LogP contribution in [0.5, 0.6) is 0 Å². The highest BCUT2D eigenvalue weighted by molar-refractivity contribution is 9.10. The Balaban J connectivity index is 0.000000169. The number of benzene rings is 2. The van der Waals surface area contributed by atoms with Gasteiger partial charge < -0.3 is 39.2 Å². The molecular formula is C58H60BBrF8N12O8. The van der Waals surface area contributed by atoms with Gasteiger partial charge in [0.15, 0.2) is 23.2 Å². The maximum absolute atomic E-state index is 14.8. The van der Waals surface area contributed by atoms with Crippen LogP contribution in [-0.2, 0) is 82.3 Å². The molecule has 88 heavy (non-hydrogen) atoms. The van der Waals surface area contributed by atoms with Crippen molar-refractivity contribution in [2.45, 2.75) is 126 Å². The molecule has 0 bridgehead atoms. The van der Waals surface area contributed by atoms with E-state index in [1.54, 1.807) is 53.3 Å². The number of carbonyl (C=O) groups excluding carboxylic acids is 2. The Hall–Kier alpha value is -7.80. The van der Waals surface area contributed by atoms with E-state index in [4.69, 9.17) is 23.5 Å². The number of amides is 2. The molecule has 0 spiro atoms. The minimum atomic E-state index is -4.47. The number of alkyl halides is 6. The number of carbonyl (C=O) groups is 2. The second-order valence-electron chi connectivity index (χ2n) is 22.6. The van der Waals surface area contributed by atoms with Gasteiger partial charge in [-0.05, 0) is 104 Å².